The number of nitrogens with zero attached hydrogens (tertiary/aromatic N) is 3. The summed E-state index contributed by atoms with van der Waals surface area (Å²) in [6.07, 6.45) is 12.7. The number of hydroxylamine groups is 2. The number of allylic oxidation sites excluding steroid dienone is 6. The lowest BCUT2D eigenvalue weighted by Gasteiger charge is -2.27. The van der Waals surface area contributed by atoms with Gasteiger partial charge in [0, 0.05) is 66.7 Å². The van der Waals surface area contributed by atoms with Crippen LogP contribution >= 0.6 is 7.60 Å². The van der Waals surface area contributed by atoms with Gasteiger partial charge in [0.1, 0.15) is 6.54 Å². The predicted molar refractivity (Wildman–Crippen MR) is 205 cm³/mol. The number of anilines is 1. The van der Waals surface area contributed by atoms with Gasteiger partial charge in [-0.25, -0.2) is 4.79 Å². The van der Waals surface area contributed by atoms with E-state index in [1.54, 1.807) is 12.1 Å². The second-order valence-corrected chi connectivity index (χ2v) is 18.0. The van der Waals surface area contributed by atoms with Gasteiger partial charge in [-0.05, 0) is 69.4 Å². The zero-order chi connectivity index (χ0) is 39.5. The van der Waals surface area contributed by atoms with Gasteiger partial charge in [-0.2, -0.15) is 13.0 Å². The Balaban J connectivity index is 1.33. The van der Waals surface area contributed by atoms with Gasteiger partial charge in [0.15, 0.2) is 5.71 Å². The maximum atomic E-state index is 12.3. The number of unbranched alkanes of at least 4 members (excludes halogenated alkanes) is 3. The number of benzene rings is 2. The van der Waals surface area contributed by atoms with Gasteiger partial charge in [0.05, 0.1) is 16.5 Å². The molecule has 290 valence electrons. The highest BCUT2D eigenvalue weighted by Crippen LogP contribution is 2.48. The monoisotopic (exact) mass is 782 g/mol. The Kier molecular flexibility index (Phi) is 12.3. The molecule has 3 N–H and O–H groups in total. The van der Waals surface area contributed by atoms with Gasteiger partial charge in [0.2, 0.25) is 5.69 Å². The number of carbonyl (C=O) groups excluding carboxylic acids is 3. The molecule has 1 fully saturated rings. The molecule has 5 rings (SSSR count). The van der Waals surface area contributed by atoms with Crippen LogP contribution in [0.5, 0.6) is 0 Å². The predicted octanol–water partition coefficient (Wildman–Crippen LogP) is 5.50. The molecule has 0 aromatic heterocycles. The van der Waals surface area contributed by atoms with Crippen molar-refractivity contribution in [3.8, 4) is 0 Å². The number of para-hydroxylation sites is 1. The van der Waals surface area contributed by atoms with Crippen molar-refractivity contribution in [2.45, 2.75) is 89.9 Å². The first kappa shape index (κ1) is 41.0. The summed E-state index contributed by atoms with van der Waals surface area (Å²) in [5.74, 6) is -1.96. The zero-order valence-corrected chi connectivity index (χ0v) is 32.8. The first-order valence-electron chi connectivity index (χ1n) is 18.1. The number of carbonyl (C=O) groups is 3. The van der Waals surface area contributed by atoms with Crippen LogP contribution in [0.25, 0.3) is 0 Å². The largest absolute Gasteiger partial charge is 0.356 e. The van der Waals surface area contributed by atoms with Crippen LogP contribution in [0.1, 0.15) is 90.2 Å². The molecule has 54 heavy (non-hydrogen) atoms. The highest BCUT2D eigenvalue weighted by molar-refractivity contribution is 7.85. The molecule has 1 saturated heterocycles. The number of fused-ring (bicyclic) bond motifs is 2. The second kappa shape index (κ2) is 16.3. The molecule has 3 heterocycles. The standard InChI is InChI=1S/C39H48N3O10PS/c1-38(2)29-15-10-11-16-31(29)40(25-13-14-26-54(49,50)51)33(38)17-7-5-8-18-34-39(3,4)30-27-28(53(46,47)48)20-21-32(30)41(34)24-12-6-9-19-37(45)52-42-35(43)22-23-36(42)44/h5,7-8,10-11,15-18,20-21,27H,6,9,12-14,19,22-26H2,1-4H3,(H2-,46,47,48,49,50,51)/p+1. The van der Waals surface area contributed by atoms with Crippen LogP contribution in [0.2, 0.25) is 0 Å². The van der Waals surface area contributed by atoms with E-state index in [1.807, 2.05) is 50.3 Å². The molecule has 3 aliphatic heterocycles. The van der Waals surface area contributed by atoms with Crippen LogP contribution in [0.15, 0.2) is 78.5 Å². The van der Waals surface area contributed by atoms with Crippen molar-refractivity contribution in [3.05, 3.63) is 89.7 Å². The van der Waals surface area contributed by atoms with Crippen LogP contribution in [0, 0.1) is 0 Å². The molecule has 13 nitrogen and oxygen atoms in total. The Bertz CT molecular complexity index is 2080. The van der Waals surface area contributed by atoms with Gasteiger partial charge < -0.3 is 19.5 Å². The van der Waals surface area contributed by atoms with Crippen molar-refractivity contribution in [3.63, 3.8) is 0 Å². The molecule has 2 aromatic rings. The fraction of sp³-hybridized carbons (Fsp3) is 0.436. The minimum absolute atomic E-state index is 0.0336. The summed E-state index contributed by atoms with van der Waals surface area (Å²) in [5.41, 5.74) is 4.91. The van der Waals surface area contributed by atoms with E-state index < -0.39 is 40.9 Å². The van der Waals surface area contributed by atoms with E-state index in [2.05, 4.69) is 41.5 Å². The molecular weight excluding hydrogens is 733 g/mol. The van der Waals surface area contributed by atoms with Crippen molar-refractivity contribution in [1.29, 1.82) is 0 Å². The second-order valence-electron chi connectivity index (χ2n) is 14.8. The maximum absolute atomic E-state index is 12.3. The molecule has 0 unspecified atom stereocenters. The molecule has 0 bridgehead atoms. The average Bonchev–Trinajstić information content (AvgIpc) is 3.60. The zero-order valence-electron chi connectivity index (χ0n) is 31.1. The summed E-state index contributed by atoms with van der Waals surface area (Å²) in [5, 5.41) is 0.499. The maximum Gasteiger partial charge on any atom is 0.356 e. The molecule has 0 aliphatic carbocycles. The number of hydrogen-bond acceptors (Lipinski definition) is 8. The van der Waals surface area contributed by atoms with Crippen LogP contribution in [-0.4, -0.2) is 74.7 Å². The molecule has 0 spiro atoms. The van der Waals surface area contributed by atoms with E-state index in [-0.39, 0.29) is 35.7 Å². The van der Waals surface area contributed by atoms with E-state index in [1.165, 1.54) is 6.07 Å². The summed E-state index contributed by atoms with van der Waals surface area (Å²) < 4.78 is 46.1. The highest BCUT2D eigenvalue weighted by Gasteiger charge is 2.45. The van der Waals surface area contributed by atoms with Crippen molar-refractivity contribution in [2.75, 3.05) is 23.7 Å². The van der Waals surface area contributed by atoms with Crippen molar-refractivity contribution in [1.82, 2.24) is 5.06 Å². The van der Waals surface area contributed by atoms with E-state index in [0.29, 0.717) is 50.3 Å². The minimum atomic E-state index is -4.49. The number of imide groups is 1. The fourth-order valence-corrected chi connectivity index (χ4v) is 8.54. The quantitative estimate of drug-likeness (QED) is 0.0489. The Labute approximate surface area is 316 Å². The van der Waals surface area contributed by atoms with Crippen molar-refractivity contribution in [2.24, 2.45) is 0 Å². The molecule has 3 aliphatic rings. The minimum Gasteiger partial charge on any atom is -0.344 e. The Morgan fingerprint density at radius 2 is 1.61 bits per heavy atom. The van der Waals surface area contributed by atoms with Gasteiger partial charge >= 0.3 is 13.6 Å². The smallest absolute Gasteiger partial charge is 0.344 e. The summed E-state index contributed by atoms with van der Waals surface area (Å²) in [6.45, 7) is 9.47. The third-order valence-corrected chi connectivity index (χ3v) is 12.0. The van der Waals surface area contributed by atoms with Gasteiger partial charge in [0.25, 0.3) is 21.9 Å². The average molecular weight is 783 g/mol. The molecule has 2 aromatic carbocycles. The summed E-state index contributed by atoms with van der Waals surface area (Å²) in [4.78, 5) is 62.8. The van der Waals surface area contributed by atoms with Crippen LogP contribution < -0.4 is 10.2 Å². The number of amides is 2. The first-order valence-corrected chi connectivity index (χ1v) is 21.3. The molecule has 15 heteroatoms. The van der Waals surface area contributed by atoms with E-state index in [0.717, 1.165) is 33.9 Å². The Hall–Kier alpha value is -4.20. The highest BCUT2D eigenvalue weighted by atomic mass is 32.2. The summed E-state index contributed by atoms with van der Waals surface area (Å²) >= 11 is 0. The lowest BCUT2D eigenvalue weighted by Crippen LogP contribution is -2.31. The third-order valence-electron chi connectivity index (χ3n) is 10.2. The molecule has 2 amide bonds. The summed E-state index contributed by atoms with van der Waals surface area (Å²) in [7, 11) is -8.52. The Morgan fingerprint density at radius 3 is 2.30 bits per heavy atom. The topological polar surface area (TPSA) is 182 Å². The van der Waals surface area contributed by atoms with Gasteiger partial charge in [-0.1, -0.05) is 50.3 Å². The van der Waals surface area contributed by atoms with Gasteiger partial charge in [-0.15, -0.1) is 5.06 Å². The molecule has 0 radical (unpaired) electrons. The SMILES string of the molecule is CC1(C)C(/C=C/C=C/C=C2/N(CCCCS(=O)(=O)O)c3ccccc3C2(C)C)=[N+](CCCCCC(=O)ON2C(=O)CCC2=O)c2ccc(P(=O)(O)O)cc21. The number of hydrogen-bond donors (Lipinski definition) is 3. The van der Waals surface area contributed by atoms with E-state index >= 15 is 0 Å². The van der Waals surface area contributed by atoms with Crippen LogP contribution in [0.3, 0.4) is 0 Å². The van der Waals surface area contributed by atoms with Gasteiger partial charge in [-0.3, -0.25) is 18.7 Å². The van der Waals surface area contributed by atoms with Crippen LogP contribution in [-0.2, 0) is 44.7 Å². The third kappa shape index (κ3) is 9.18. The first-order chi connectivity index (χ1) is 25.3. The van der Waals surface area contributed by atoms with E-state index in [9.17, 15) is 41.7 Å². The molecule has 0 atom stereocenters. The Morgan fingerprint density at radius 1 is 0.907 bits per heavy atom. The lowest BCUT2D eigenvalue weighted by atomic mass is 9.81. The van der Waals surface area contributed by atoms with Crippen LogP contribution in [0.4, 0.5) is 11.4 Å². The molecule has 0 saturated carbocycles. The summed E-state index contributed by atoms with van der Waals surface area (Å²) in [6, 6.07) is 12.9. The molecular formula is C39H49N3O10PS+. The lowest BCUT2D eigenvalue weighted by molar-refractivity contribution is -0.438. The van der Waals surface area contributed by atoms with Crippen molar-refractivity contribution >= 4 is 57.9 Å². The van der Waals surface area contributed by atoms with Crippen molar-refractivity contribution < 1.29 is 51.1 Å². The number of rotatable bonds is 16. The normalized spacial score (nSPS) is 18.8. The van der Waals surface area contributed by atoms with E-state index in [4.69, 9.17) is 4.84 Å². The fourth-order valence-electron chi connectivity index (χ4n) is 7.40.